The molecule has 0 aromatic carbocycles. The lowest BCUT2D eigenvalue weighted by Gasteiger charge is -2.00. The predicted octanol–water partition coefficient (Wildman–Crippen LogP) is 4.85. The van der Waals surface area contributed by atoms with Crippen molar-refractivity contribution in [3.8, 4) is 6.07 Å². The summed E-state index contributed by atoms with van der Waals surface area (Å²) in [6.07, 6.45) is 12.8. The number of hydrogen-bond acceptors (Lipinski definition) is 1. The Balaban J connectivity index is 2.82. The van der Waals surface area contributed by atoms with E-state index in [9.17, 15) is 0 Å². The van der Waals surface area contributed by atoms with Gasteiger partial charge in [0.15, 0.2) is 0 Å². The van der Waals surface area contributed by atoms with Crippen LogP contribution in [0.4, 0.5) is 0 Å². The molecule has 82 valence electrons. The van der Waals surface area contributed by atoms with Crippen molar-refractivity contribution < 1.29 is 0 Å². The lowest BCUT2D eigenvalue weighted by atomic mass is 10.1. The van der Waals surface area contributed by atoms with Crippen LogP contribution in [0, 0.1) is 11.3 Å². The standard InChI is InChI=1S/C12H22IN/c13-11-9-7-5-3-1-2-4-6-8-10-12-14/h1-11H2. The highest BCUT2D eigenvalue weighted by Gasteiger charge is 1.91. The number of halogens is 1. The summed E-state index contributed by atoms with van der Waals surface area (Å²) in [6.45, 7) is 0. The van der Waals surface area contributed by atoms with E-state index < -0.39 is 0 Å². The van der Waals surface area contributed by atoms with E-state index in [1.165, 1.54) is 55.8 Å². The normalized spacial score (nSPS) is 10.0. The van der Waals surface area contributed by atoms with Gasteiger partial charge in [-0.15, -0.1) is 0 Å². The van der Waals surface area contributed by atoms with Crippen molar-refractivity contribution in [3.05, 3.63) is 0 Å². The largest absolute Gasteiger partial charge is 0.198 e. The molecule has 0 amide bonds. The Bertz CT molecular complexity index is 140. The second-order valence-electron chi connectivity index (χ2n) is 3.78. The fourth-order valence-corrected chi connectivity index (χ4v) is 2.08. The first kappa shape index (κ1) is 14.2. The third-order valence-electron chi connectivity index (χ3n) is 2.42. The second kappa shape index (κ2) is 13.2. The highest BCUT2D eigenvalue weighted by Crippen LogP contribution is 2.10. The van der Waals surface area contributed by atoms with Crippen LogP contribution in [-0.2, 0) is 0 Å². The van der Waals surface area contributed by atoms with Crippen molar-refractivity contribution in [2.24, 2.45) is 0 Å². The maximum Gasteiger partial charge on any atom is 0.0621 e. The fraction of sp³-hybridized carbons (Fsp3) is 0.917. The van der Waals surface area contributed by atoms with Crippen molar-refractivity contribution in [1.29, 1.82) is 5.26 Å². The molecule has 0 atom stereocenters. The molecule has 0 aliphatic heterocycles. The van der Waals surface area contributed by atoms with Gasteiger partial charge in [0.25, 0.3) is 0 Å². The highest BCUT2D eigenvalue weighted by atomic mass is 127. The number of rotatable bonds is 10. The zero-order valence-corrected chi connectivity index (χ0v) is 11.3. The molecular weight excluding hydrogens is 285 g/mol. The molecule has 0 heterocycles. The Labute approximate surface area is 102 Å². The molecule has 14 heavy (non-hydrogen) atoms. The number of hydrogen-bond donors (Lipinski definition) is 0. The molecule has 0 saturated carbocycles. The first-order chi connectivity index (χ1) is 6.91. The molecule has 0 rings (SSSR count). The molecule has 0 spiro atoms. The van der Waals surface area contributed by atoms with Gasteiger partial charge in [-0.2, -0.15) is 5.26 Å². The zero-order chi connectivity index (χ0) is 10.5. The smallest absolute Gasteiger partial charge is 0.0621 e. The van der Waals surface area contributed by atoms with Crippen molar-refractivity contribution in [3.63, 3.8) is 0 Å². The summed E-state index contributed by atoms with van der Waals surface area (Å²) in [6, 6.07) is 2.19. The molecule has 0 fully saturated rings. The summed E-state index contributed by atoms with van der Waals surface area (Å²) in [5.74, 6) is 0. The van der Waals surface area contributed by atoms with Gasteiger partial charge in [-0.05, 0) is 17.3 Å². The van der Waals surface area contributed by atoms with Gasteiger partial charge < -0.3 is 0 Å². The van der Waals surface area contributed by atoms with Crippen LogP contribution in [0.5, 0.6) is 0 Å². The minimum Gasteiger partial charge on any atom is -0.198 e. The predicted molar refractivity (Wildman–Crippen MR) is 70.7 cm³/mol. The van der Waals surface area contributed by atoms with Crippen molar-refractivity contribution in [2.45, 2.75) is 64.2 Å². The quantitative estimate of drug-likeness (QED) is 0.322. The summed E-state index contributed by atoms with van der Waals surface area (Å²) < 4.78 is 1.31. The maximum absolute atomic E-state index is 8.34. The van der Waals surface area contributed by atoms with Crippen molar-refractivity contribution in [2.75, 3.05) is 4.43 Å². The molecule has 0 saturated heterocycles. The Hall–Kier alpha value is 0.220. The van der Waals surface area contributed by atoms with E-state index in [1.54, 1.807) is 0 Å². The van der Waals surface area contributed by atoms with Crippen LogP contribution in [0.25, 0.3) is 0 Å². The Morgan fingerprint density at radius 3 is 1.57 bits per heavy atom. The topological polar surface area (TPSA) is 23.8 Å². The molecular formula is C12H22IN. The second-order valence-corrected chi connectivity index (χ2v) is 4.86. The van der Waals surface area contributed by atoms with Gasteiger partial charge in [0.1, 0.15) is 0 Å². The van der Waals surface area contributed by atoms with E-state index in [0.29, 0.717) is 0 Å². The van der Waals surface area contributed by atoms with Crippen LogP contribution >= 0.6 is 22.6 Å². The zero-order valence-electron chi connectivity index (χ0n) is 9.10. The summed E-state index contributed by atoms with van der Waals surface area (Å²) >= 11 is 2.45. The van der Waals surface area contributed by atoms with Crippen LogP contribution in [-0.4, -0.2) is 4.43 Å². The Morgan fingerprint density at radius 1 is 0.714 bits per heavy atom. The van der Waals surface area contributed by atoms with Gasteiger partial charge in [-0.25, -0.2) is 0 Å². The summed E-state index contributed by atoms with van der Waals surface area (Å²) in [5, 5.41) is 8.34. The summed E-state index contributed by atoms with van der Waals surface area (Å²) in [4.78, 5) is 0. The van der Waals surface area contributed by atoms with Crippen LogP contribution < -0.4 is 0 Å². The monoisotopic (exact) mass is 307 g/mol. The lowest BCUT2D eigenvalue weighted by molar-refractivity contribution is 0.569. The number of nitriles is 1. The van der Waals surface area contributed by atoms with Crippen LogP contribution in [0.2, 0.25) is 0 Å². The van der Waals surface area contributed by atoms with E-state index in [-0.39, 0.29) is 0 Å². The molecule has 0 unspecified atom stereocenters. The maximum atomic E-state index is 8.34. The molecule has 0 aliphatic rings. The van der Waals surface area contributed by atoms with Crippen molar-refractivity contribution >= 4 is 22.6 Å². The van der Waals surface area contributed by atoms with Crippen LogP contribution in [0.1, 0.15) is 64.2 Å². The lowest BCUT2D eigenvalue weighted by Crippen LogP contribution is -1.82. The molecule has 0 aromatic rings. The minimum atomic E-state index is 0.746. The van der Waals surface area contributed by atoms with E-state index in [4.69, 9.17) is 5.26 Å². The summed E-state index contributed by atoms with van der Waals surface area (Å²) in [5.41, 5.74) is 0. The van der Waals surface area contributed by atoms with E-state index in [2.05, 4.69) is 28.7 Å². The van der Waals surface area contributed by atoms with E-state index >= 15 is 0 Å². The van der Waals surface area contributed by atoms with Crippen molar-refractivity contribution in [1.82, 2.24) is 0 Å². The number of nitrogens with zero attached hydrogens (tertiary/aromatic N) is 1. The van der Waals surface area contributed by atoms with Gasteiger partial charge in [-0.1, -0.05) is 67.5 Å². The fourth-order valence-electron chi connectivity index (χ4n) is 1.54. The third kappa shape index (κ3) is 12.2. The molecule has 1 nitrogen and oxygen atoms in total. The van der Waals surface area contributed by atoms with E-state index in [1.807, 2.05) is 0 Å². The number of alkyl halides is 1. The molecule has 0 N–H and O–H groups in total. The first-order valence-electron chi connectivity index (χ1n) is 5.84. The Kier molecular flexibility index (Phi) is 13.4. The molecule has 0 radical (unpaired) electrons. The van der Waals surface area contributed by atoms with Gasteiger partial charge in [0.2, 0.25) is 0 Å². The van der Waals surface area contributed by atoms with Gasteiger partial charge >= 0.3 is 0 Å². The van der Waals surface area contributed by atoms with Gasteiger partial charge in [0, 0.05) is 6.42 Å². The molecule has 0 bridgehead atoms. The Morgan fingerprint density at radius 2 is 1.14 bits per heavy atom. The molecule has 0 aliphatic carbocycles. The summed E-state index contributed by atoms with van der Waals surface area (Å²) in [7, 11) is 0. The first-order valence-corrected chi connectivity index (χ1v) is 7.37. The third-order valence-corrected chi connectivity index (χ3v) is 3.19. The molecule has 0 aromatic heterocycles. The molecule has 2 heteroatoms. The van der Waals surface area contributed by atoms with Crippen LogP contribution in [0.15, 0.2) is 0 Å². The SMILES string of the molecule is N#CCCCCCCCCCCCI. The highest BCUT2D eigenvalue weighted by molar-refractivity contribution is 14.1. The van der Waals surface area contributed by atoms with Crippen LogP contribution in [0.3, 0.4) is 0 Å². The average Bonchev–Trinajstić information content (AvgIpc) is 2.21. The average molecular weight is 307 g/mol. The van der Waals surface area contributed by atoms with Gasteiger partial charge in [-0.3, -0.25) is 0 Å². The van der Waals surface area contributed by atoms with Gasteiger partial charge in [0.05, 0.1) is 6.07 Å². The minimum absolute atomic E-state index is 0.746. The van der Waals surface area contributed by atoms with E-state index in [0.717, 1.165) is 12.8 Å². The number of unbranched alkanes of at least 4 members (excludes halogenated alkanes) is 9.